The summed E-state index contributed by atoms with van der Waals surface area (Å²) in [5.41, 5.74) is 3.87. The molecule has 5 rings (SSSR count). The van der Waals surface area contributed by atoms with Crippen molar-refractivity contribution in [2.75, 3.05) is 42.1 Å². The Labute approximate surface area is 204 Å². The average molecular weight is 481 g/mol. The molecule has 1 aromatic heterocycles. The Morgan fingerprint density at radius 2 is 1.88 bits per heavy atom. The first kappa shape index (κ1) is 22.9. The molecule has 3 heterocycles. The van der Waals surface area contributed by atoms with Crippen LogP contribution in [0.15, 0.2) is 45.5 Å². The smallest absolute Gasteiger partial charge is 0.227 e. The van der Waals surface area contributed by atoms with Gasteiger partial charge in [-0.25, -0.2) is 9.97 Å². The van der Waals surface area contributed by atoms with Crippen molar-refractivity contribution in [1.82, 2.24) is 20.3 Å². The Kier molecular flexibility index (Phi) is 7.45. The second kappa shape index (κ2) is 11.1. The van der Waals surface area contributed by atoms with Crippen molar-refractivity contribution in [3.05, 3.63) is 30.3 Å². The maximum absolute atomic E-state index is 12.0. The molecule has 2 fully saturated rings. The molecule has 1 unspecified atom stereocenters. The van der Waals surface area contributed by atoms with Gasteiger partial charge in [0.15, 0.2) is 5.16 Å². The molecule has 1 amide bonds. The van der Waals surface area contributed by atoms with E-state index in [1.807, 2.05) is 36.5 Å². The molecule has 1 aliphatic carbocycles. The van der Waals surface area contributed by atoms with Gasteiger partial charge in [-0.1, -0.05) is 6.42 Å². The average Bonchev–Trinajstić information content (AvgIpc) is 3.58. The van der Waals surface area contributed by atoms with E-state index in [2.05, 4.69) is 31.4 Å². The summed E-state index contributed by atoms with van der Waals surface area (Å²) in [4.78, 5) is 25.0. The zero-order chi connectivity index (χ0) is 23.2. The molecule has 180 valence electrons. The van der Waals surface area contributed by atoms with Gasteiger partial charge in [-0.3, -0.25) is 10.2 Å². The van der Waals surface area contributed by atoms with Gasteiger partial charge in [0.2, 0.25) is 5.91 Å². The Balaban J connectivity index is 1.23. The number of nitrogens with one attached hydrogen (secondary N) is 4. The predicted octanol–water partition coefficient (Wildman–Crippen LogP) is 3.59. The zero-order valence-corrected chi connectivity index (χ0v) is 20.1. The normalized spacial score (nSPS) is 20.1. The van der Waals surface area contributed by atoms with E-state index in [1.54, 1.807) is 0 Å². The predicted molar refractivity (Wildman–Crippen MR) is 136 cm³/mol. The minimum atomic E-state index is 0.0308. The van der Waals surface area contributed by atoms with Crippen molar-refractivity contribution in [2.24, 2.45) is 11.0 Å². The molecule has 0 bridgehead atoms. The van der Waals surface area contributed by atoms with Crippen LogP contribution < -0.4 is 21.4 Å². The van der Waals surface area contributed by atoms with Crippen molar-refractivity contribution in [3.8, 4) is 0 Å². The molecule has 0 radical (unpaired) electrons. The maximum Gasteiger partial charge on any atom is 0.227 e. The van der Waals surface area contributed by atoms with Crippen LogP contribution >= 0.6 is 11.8 Å². The van der Waals surface area contributed by atoms with Gasteiger partial charge in [-0.05, 0) is 74.8 Å². The van der Waals surface area contributed by atoms with Crippen LogP contribution in [0, 0.1) is 5.92 Å². The zero-order valence-electron chi connectivity index (χ0n) is 19.3. The standard InChI is InChI=1S/C24H32N8OS/c33-23(17-4-5-17)27-18-6-8-19(9-7-18)34-24-29-21(25-12-15-32-13-2-1-3-14-32)16-22(30-24)28-20-10-11-26-31-20/h6-9,11,16-17,20,31H,1-5,10,12-15H2,(H,27,33)(H2,25,28,29,30). The molecule has 1 aromatic carbocycles. The summed E-state index contributed by atoms with van der Waals surface area (Å²) in [6.07, 6.45) is 8.62. The Hall–Kier alpha value is -2.85. The van der Waals surface area contributed by atoms with Crippen LogP contribution in [0.5, 0.6) is 0 Å². The van der Waals surface area contributed by atoms with E-state index in [0.717, 1.165) is 54.6 Å². The van der Waals surface area contributed by atoms with Crippen molar-refractivity contribution >= 4 is 41.2 Å². The highest BCUT2D eigenvalue weighted by Gasteiger charge is 2.29. The second-order valence-corrected chi connectivity index (χ2v) is 10.1. The molecule has 0 spiro atoms. The van der Waals surface area contributed by atoms with Crippen LogP contribution in [0.2, 0.25) is 0 Å². The van der Waals surface area contributed by atoms with E-state index in [1.165, 1.54) is 44.1 Å². The Morgan fingerprint density at radius 3 is 2.62 bits per heavy atom. The molecule has 4 N–H and O–H groups in total. The van der Waals surface area contributed by atoms with E-state index >= 15 is 0 Å². The van der Waals surface area contributed by atoms with E-state index < -0.39 is 0 Å². The van der Waals surface area contributed by atoms with E-state index in [4.69, 9.17) is 9.97 Å². The van der Waals surface area contributed by atoms with Crippen molar-refractivity contribution < 1.29 is 4.79 Å². The minimum absolute atomic E-state index is 0.0308. The lowest BCUT2D eigenvalue weighted by molar-refractivity contribution is -0.117. The van der Waals surface area contributed by atoms with Gasteiger partial charge >= 0.3 is 0 Å². The topological polar surface area (TPSA) is 107 Å². The summed E-state index contributed by atoms with van der Waals surface area (Å²) >= 11 is 1.50. The third-order valence-electron chi connectivity index (χ3n) is 6.15. The summed E-state index contributed by atoms with van der Waals surface area (Å²) in [6.45, 7) is 4.23. The summed E-state index contributed by atoms with van der Waals surface area (Å²) < 4.78 is 0. The first-order valence-corrected chi connectivity index (χ1v) is 13.0. The molecule has 1 saturated carbocycles. The van der Waals surface area contributed by atoms with E-state index in [-0.39, 0.29) is 18.0 Å². The number of nitrogens with zero attached hydrogens (tertiary/aromatic N) is 4. The molecule has 1 saturated heterocycles. The van der Waals surface area contributed by atoms with Gasteiger partial charge in [-0.15, -0.1) is 0 Å². The summed E-state index contributed by atoms with van der Waals surface area (Å²) in [5, 5.41) is 14.6. The van der Waals surface area contributed by atoms with Crippen molar-refractivity contribution in [1.29, 1.82) is 0 Å². The number of carbonyl (C=O) groups is 1. The fraction of sp³-hybridized carbons (Fsp3) is 0.500. The van der Waals surface area contributed by atoms with Gasteiger partial charge in [-0.2, -0.15) is 5.10 Å². The van der Waals surface area contributed by atoms with E-state index in [0.29, 0.717) is 5.16 Å². The SMILES string of the molecule is O=C(Nc1ccc(Sc2nc(NCCN3CCCCC3)cc(NC3CC=NN3)n2)cc1)C1CC1. The Morgan fingerprint density at radius 1 is 1.09 bits per heavy atom. The quantitative estimate of drug-likeness (QED) is 0.382. The van der Waals surface area contributed by atoms with Gasteiger partial charge in [0.05, 0.1) is 0 Å². The van der Waals surface area contributed by atoms with Gasteiger partial charge in [0.1, 0.15) is 17.8 Å². The van der Waals surface area contributed by atoms with Gasteiger partial charge in [0, 0.05) is 48.3 Å². The number of hydrogen-bond acceptors (Lipinski definition) is 9. The van der Waals surface area contributed by atoms with E-state index in [9.17, 15) is 4.79 Å². The Bertz CT molecular complexity index is 997. The number of likely N-dealkylation sites (tertiary alicyclic amines) is 1. The largest absolute Gasteiger partial charge is 0.369 e. The third-order valence-corrected chi connectivity index (χ3v) is 7.03. The number of rotatable bonds is 10. The van der Waals surface area contributed by atoms with Crippen LogP contribution in [-0.2, 0) is 4.79 Å². The lowest BCUT2D eigenvalue weighted by Crippen LogP contribution is -2.33. The number of carbonyl (C=O) groups excluding carboxylic acids is 1. The number of amides is 1. The molecule has 34 heavy (non-hydrogen) atoms. The number of hydrazone groups is 1. The number of anilines is 3. The maximum atomic E-state index is 12.0. The van der Waals surface area contributed by atoms with Gasteiger partial charge in [0.25, 0.3) is 0 Å². The molecular formula is C24H32N8OS. The van der Waals surface area contributed by atoms with Crippen LogP contribution in [0.4, 0.5) is 17.3 Å². The van der Waals surface area contributed by atoms with Gasteiger partial charge < -0.3 is 20.9 Å². The lowest BCUT2D eigenvalue weighted by atomic mass is 10.1. The summed E-state index contributed by atoms with van der Waals surface area (Å²) in [5.74, 6) is 1.88. The second-order valence-electron chi connectivity index (χ2n) is 9.01. The minimum Gasteiger partial charge on any atom is -0.369 e. The molecule has 9 nitrogen and oxygen atoms in total. The van der Waals surface area contributed by atoms with Crippen LogP contribution in [0.25, 0.3) is 0 Å². The molecule has 10 heteroatoms. The highest BCUT2D eigenvalue weighted by atomic mass is 32.2. The fourth-order valence-electron chi connectivity index (χ4n) is 4.09. The first-order valence-electron chi connectivity index (χ1n) is 12.2. The third kappa shape index (κ3) is 6.60. The molecule has 3 aliphatic rings. The van der Waals surface area contributed by atoms with Crippen molar-refractivity contribution in [2.45, 2.75) is 54.7 Å². The highest BCUT2D eigenvalue weighted by molar-refractivity contribution is 7.99. The highest BCUT2D eigenvalue weighted by Crippen LogP contribution is 2.31. The first-order chi connectivity index (χ1) is 16.7. The van der Waals surface area contributed by atoms with Crippen LogP contribution in [0.3, 0.4) is 0 Å². The molecule has 2 aromatic rings. The molecular weight excluding hydrogens is 448 g/mol. The summed E-state index contributed by atoms with van der Waals surface area (Å²) in [7, 11) is 0. The summed E-state index contributed by atoms with van der Waals surface area (Å²) in [6, 6.07) is 9.81. The number of piperidine rings is 1. The monoisotopic (exact) mass is 480 g/mol. The fourth-order valence-corrected chi connectivity index (χ4v) is 4.86. The number of benzene rings is 1. The number of aromatic nitrogens is 2. The molecule has 1 atom stereocenters. The van der Waals surface area contributed by atoms with Crippen LogP contribution in [0.1, 0.15) is 38.5 Å². The lowest BCUT2D eigenvalue weighted by Gasteiger charge is -2.26. The van der Waals surface area contributed by atoms with Crippen molar-refractivity contribution in [3.63, 3.8) is 0 Å². The number of hydrogen-bond donors (Lipinski definition) is 4. The van der Waals surface area contributed by atoms with Crippen LogP contribution in [-0.4, -0.2) is 59.3 Å². The molecule has 2 aliphatic heterocycles.